The van der Waals surface area contributed by atoms with Crippen LogP contribution in [0.5, 0.6) is 11.5 Å². The Morgan fingerprint density at radius 2 is 1.06 bits per heavy atom. The molecule has 0 saturated heterocycles. The van der Waals surface area contributed by atoms with Crippen LogP contribution in [0.4, 0.5) is 0 Å². The fraction of sp³-hybridized carbons (Fsp3) is 0. The lowest BCUT2D eigenvalue weighted by Crippen LogP contribution is -2.00. The Hall–Kier alpha value is -5.10. The maximum atomic E-state index is 12.0. The lowest BCUT2D eigenvalue weighted by molar-refractivity contribution is 0.452. The highest BCUT2D eigenvalue weighted by atomic mass is 16.3. The maximum Gasteiger partial charge on any atom is 0.197 e. The number of benzene rings is 4. The molecule has 2 heterocycles. The Bertz CT molecular complexity index is 1780. The summed E-state index contributed by atoms with van der Waals surface area (Å²) in [6, 6.07) is 31.3. The van der Waals surface area contributed by atoms with E-state index in [1.165, 1.54) is 18.2 Å². The van der Waals surface area contributed by atoms with Crippen molar-refractivity contribution in [1.29, 1.82) is 0 Å². The van der Waals surface area contributed by atoms with E-state index in [2.05, 4.69) is 0 Å². The molecule has 0 aliphatic rings. The van der Waals surface area contributed by atoms with Gasteiger partial charge in [-0.15, -0.1) is 0 Å². The van der Waals surface area contributed by atoms with Crippen molar-refractivity contribution in [2.24, 2.45) is 0 Å². The lowest BCUT2D eigenvalue weighted by atomic mass is 10.1. The molecule has 0 unspecified atom stereocenters. The van der Waals surface area contributed by atoms with Gasteiger partial charge < -0.3 is 19.0 Å². The van der Waals surface area contributed by atoms with E-state index in [4.69, 9.17) is 8.83 Å². The van der Waals surface area contributed by atoms with Crippen LogP contribution in [-0.2, 0) is 0 Å². The van der Waals surface area contributed by atoms with E-state index in [1.54, 1.807) is 6.07 Å². The average molecular weight is 476 g/mol. The van der Waals surface area contributed by atoms with E-state index in [-0.39, 0.29) is 33.3 Å². The van der Waals surface area contributed by atoms with E-state index < -0.39 is 0 Å². The molecule has 6 heteroatoms. The number of fused-ring (bicyclic) bond motifs is 2. The largest absolute Gasteiger partial charge is 0.508 e. The summed E-state index contributed by atoms with van der Waals surface area (Å²) in [5, 5.41) is 19.8. The number of aromatic hydroxyl groups is 2. The molecule has 6 rings (SSSR count). The summed E-state index contributed by atoms with van der Waals surface area (Å²) in [7, 11) is 0. The number of phenolic OH excluding ortho intramolecular Hbond substituents is 2. The number of para-hydroxylation sites is 1. The zero-order valence-corrected chi connectivity index (χ0v) is 18.9. The Morgan fingerprint density at radius 1 is 0.528 bits per heavy atom. The summed E-state index contributed by atoms with van der Waals surface area (Å²) in [5.41, 5.74) is 2.09. The van der Waals surface area contributed by atoms with Crippen molar-refractivity contribution in [3.05, 3.63) is 130 Å². The molecule has 6 nitrogen and oxygen atoms in total. The molecule has 0 spiro atoms. The maximum absolute atomic E-state index is 12.0. The Labute approximate surface area is 204 Å². The molecule has 2 aromatic heterocycles. The normalized spacial score (nSPS) is 10.7. The van der Waals surface area contributed by atoms with Crippen LogP contribution in [0.2, 0.25) is 0 Å². The first-order valence-electron chi connectivity index (χ1n) is 11.1. The molecule has 176 valence electrons. The summed E-state index contributed by atoms with van der Waals surface area (Å²) < 4.78 is 11.3. The monoisotopic (exact) mass is 476 g/mol. The third-order valence-electron chi connectivity index (χ3n) is 5.55. The van der Waals surface area contributed by atoms with Gasteiger partial charge in [-0.25, -0.2) is 0 Å². The summed E-state index contributed by atoms with van der Waals surface area (Å²) in [5.74, 6) is 0.555. The highest BCUT2D eigenvalue weighted by Crippen LogP contribution is 2.30. The van der Waals surface area contributed by atoms with Gasteiger partial charge in [0.1, 0.15) is 39.6 Å². The standard InChI is InChI=1S/C15H10O4.C15H10O2/c16-10-6-11(17)15-12(18)8-13(19-14(15)7-10)9-4-2-1-3-5-9;16-13-10-15(11-6-2-1-3-7-11)17-14-9-5-4-8-12(13)14/h1-8,16-17H;1-10H. The van der Waals surface area contributed by atoms with Gasteiger partial charge in [-0.2, -0.15) is 0 Å². The fourth-order valence-electron chi connectivity index (χ4n) is 3.85. The minimum absolute atomic E-state index is 0.00861. The predicted molar refractivity (Wildman–Crippen MR) is 139 cm³/mol. The van der Waals surface area contributed by atoms with E-state index >= 15 is 0 Å². The predicted octanol–water partition coefficient (Wildman–Crippen LogP) is 6.33. The van der Waals surface area contributed by atoms with Gasteiger partial charge in [0.05, 0.1) is 5.39 Å². The van der Waals surface area contributed by atoms with Crippen molar-refractivity contribution in [1.82, 2.24) is 0 Å². The zero-order chi connectivity index (χ0) is 25.1. The van der Waals surface area contributed by atoms with Crippen LogP contribution in [0.3, 0.4) is 0 Å². The molecule has 36 heavy (non-hydrogen) atoms. The number of phenols is 2. The third kappa shape index (κ3) is 4.60. The molecule has 0 radical (unpaired) electrons. The molecular formula is C30H20O6. The van der Waals surface area contributed by atoms with E-state index in [0.717, 1.165) is 17.2 Å². The van der Waals surface area contributed by atoms with Crippen LogP contribution in [0.15, 0.2) is 128 Å². The highest BCUT2D eigenvalue weighted by molar-refractivity contribution is 5.86. The Balaban J connectivity index is 0.000000149. The highest BCUT2D eigenvalue weighted by Gasteiger charge is 2.11. The van der Waals surface area contributed by atoms with Gasteiger partial charge in [0.25, 0.3) is 0 Å². The van der Waals surface area contributed by atoms with Gasteiger partial charge in [0, 0.05) is 35.4 Å². The van der Waals surface area contributed by atoms with Crippen LogP contribution in [0.25, 0.3) is 44.6 Å². The minimum atomic E-state index is -0.349. The second-order valence-corrected chi connectivity index (χ2v) is 8.02. The molecule has 2 N–H and O–H groups in total. The number of rotatable bonds is 2. The number of hydrogen-bond acceptors (Lipinski definition) is 6. The topological polar surface area (TPSA) is 101 Å². The summed E-state index contributed by atoms with van der Waals surface area (Å²) in [6.45, 7) is 0. The van der Waals surface area contributed by atoms with Crippen molar-refractivity contribution >= 4 is 21.9 Å². The van der Waals surface area contributed by atoms with Crippen molar-refractivity contribution in [2.75, 3.05) is 0 Å². The quantitative estimate of drug-likeness (QED) is 0.303. The molecule has 0 aliphatic heterocycles. The van der Waals surface area contributed by atoms with Crippen molar-refractivity contribution in [3.63, 3.8) is 0 Å². The fourth-order valence-corrected chi connectivity index (χ4v) is 3.85. The van der Waals surface area contributed by atoms with Crippen LogP contribution >= 0.6 is 0 Å². The summed E-state index contributed by atoms with van der Waals surface area (Å²) >= 11 is 0. The molecule has 0 bridgehead atoms. The molecule has 0 saturated carbocycles. The molecule has 0 amide bonds. The Kier molecular flexibility index (Phi) is 6.07. The molecule has 6 aromatic rings. The second kappa shape index (κ2) is 9.64. The second-order valence-electron chi connectivity index (χ2n) is 8.02. The first-order valence-corrected chi connectivity index (χ1v) is 11.1. The summed E-state index contributed by atoms with van der Waals surface area (Å²) in [4.78, 5) is 23.9. The van der Waals surface area contributed by atoms with Crippen molar-refractivity contribution in [3.8, 4) is 34.1 Å². The smallest absolute Gasteiger partial charge is 0.197 e. The van der Waals surface area contributed by atoms with Gasteiger partial charge in [0.2, 0.25) is 0 Å². The molecule has 0 aliphatic carbocycles. The van der Waals surface area contributed by atoms with Gasteiger partial charge in [-0.05, 0) is 12.1 Å². The van der Waals surface area contributed by atoms with Gasteiger partial charge in [-0.3, -0.25) is 9.59 Å². The first kappa shape index (κ1) is 22.7. The van der Waals surface area contributed by atoms with Crippen LogP contribution in [0.1, 0.15) is 0 Å². The van der Waals surface area contributed by atoms with Gasteiger partial charge >= 0.3 is 0 Å². The molecule has 0 atom stereocenters. The van der Waals surface area contributed by atoms with Gasteiger partial charge in [-0.1, -0.05) is 72.8 Å². The van der Waals surface area contributed by atoms with Crippen LogP contribution in [-0.4, -0.2) is 10.2 Å². The molecule has 4 aromatic carbocycles. The lowest BCUT2D eigenvalue weighted by Gasteiger charge is -2.04. The van der Waals surface area contributed by atoms with E-state index in [1.807, 2.05) is 78.9 Å². The van der Waals surface area contributed by atoms with Crippen molar-refractivity contribution < 1.29 is 19.0 Å². The van der Waals surface area contributed by atoms with E-state index in [9.17, 15) is 19.8 Å². The zero-order valence-electron chi connectivity index (χ0n) is 18.9. The SMILES string of the molecule is O=c1cc(-c2ccccc2)oc2cc(O)cc(O)c12.O=c1cc(-c2ccccc2)oc2ccccc12. The molecule has 0 fully saturated rings. The number of hydrogen-bond donors (Lipinski definition) is 2. The van der Waals surface area contributed by atoms with Crippen LogP contribution in [0, 0.1) is 0 Å². The van der Waals surface area contributed by atoms with Crippen LogP contribution < -0.4 is 10.9 Å². The average Bonchev–Trinajstić information content (AvgIpc) is 2.89. The third-order valence-corrected chi connectivity index (χ3v) is 5.55. The first-order chi connectivity index (χ1) is 17.5. The van der Waals surface area contributed by atoms with Crippen molar-refractivity contribution in [2.45, 2.75) is 0 Å². The minimum Gasteiger partial charge on any atom is -0.508 e. The van der Waals surface area contributed by atoms with E-state index in [0.29, 0.717) is 22.5 Å². The van der Waals surface area contributed by atoms with Gasteiger partial charge in [0.15, 0.2) is 10.9 Å². The summed E-state index contributed by atoms with van der Waals surface area (Å²) in [6.07, 6.45) is 0. The molecular weight excluding hydrogens is 456 g/mol. The Morgan fingerprint density at radius 3 is 1.69 bits per heavy atom.